The topological polar surface area (TPSA) is 80.9 Å². The van der Waals surface area contributed by atoms with E-state index in [0.29, 0.717) is 17.5 Å². The fourth-order valence-corrected chi connectivity index (χ4v) is 6.23. The molecule has 1 spiro atoms. The molecule has 2 aliphatic rings. The maximum atomic E-state index is 11.0. The molecule has 4 N–H and O–H groups in total. The van der Waals surface area contributed by atoms with Gasteiger partial charge in [-0.05, 0) is 59.3 Å². The third-order valence-corrected chi connectivity index (χ3v) is 8.35. The summed E-state index contributed by atoms with van der Waals surface area (Å²) in [7, 11) is 0. The van der Waals surface area contributed by atoms with Crippen LogP contribution >= 0.6 is 0 Å². The highest BCUT2D eigenvalue weighted by molar-refractivity contribution is 5.70. The standard InChI is InChI=1S/C24H30O4/c1-6-22(4)12-24(18-14(22)8-10-16(25)20(18)27)13(3)23(5,7-2)15-9-11-17(26)21(28)19(15)24/h8-11,13,25-28H,6-7,12H2,1-5H3. The van der Waals surface area contributed by atoms with Crippen LogP contribution in [0.25, 0.3) is 0 Å². The van der Waals surface area contributed by atoms with Gasteiger partial charge in [-0.1, -0.05) is 46.8 Å². The van der Waals surface area contributed by atoms with Crippen molar-refractivity contribution in [2.45, 2.75) is 70.1 Å². The molecule has 28 heavy (non-hydrogen) atoms. The molecular formula is C24H30O4. The van der Waals surface area contributed by atoms with Gasteiger partial charge in [0.05, 0.1) is 0 Å². The molecule has 0 heterocycles. The minimum atomic E-state index is -0.675. The molecule has 0 aromatic heterocycles. The first kappa shape index (κ1) is 19.0. The number of hydrogen-bond donors (Lipinski definition) is 4. The van der Waals surface area contributed by atoms with Gasteiger partial charge in [-0.25, -0.2) is 0 Å². The van der Waals surface area contributed by atoms with Crippen molar-refractivity contribution in [3.63, 3.8) is 0 Å². The lowest BCUT2D eigenvalue weighted by Crippen LogP contribution is -2.38. The molecule has 4 unspecified atom stereocenters. The summed E-state index contributed by atoms with van der Waals surface area (Å²) < 4.78 is 0. The molecule has 2 aliphatic carbocycles. The van der Waals surface area contributed by atoms with Gasteiger partial charge in [0.15, 0.2) is 23.0 Å². The van der Waals surface area contributed by atoms with Gasteiger partial charge >= 0.3 is 0 Å². The Morgan fingerprint density at radius 3 is 1.82 bits per heavy atom. The second-order valence-electron chi connectivity index (χ2n) is 9.27. The Balaban J connectivity index is 2.19. The summed E-state index contributed by atoms with van der Waals surface area (Å²) in [6.07, 6.45) is 2.45. The summed E-state index contributed by atoms with van der Waals surface area (Å²) in [5, 5.41) is 42.8. The fraction of sp³-hybridized carbons (Fsp3) is 0.500. The lowest BCUT2D eigenvalue weighted by molar-refractivity contribution is 0.211. The molecule has 0 radical (unpaired) electrons. The van der Waals surface area contributed by atoms with Crippen LogP contribution in [0.1, 0.15) is 76.1 Å². The van der Waals surface area contributed by atoms with E-state index in [9.17, 15) is 20.4 Å². The number of aromatic hydroxyl groups is 4. The molecule has 0 bridgehead atoms. The SMILES string of the molecule is CCC1(C)CC2(c3c1ccc(O)c3O)c1c(ccc(O)c1O)C(C)(CC)C2C. The average Bonchev–Trinajstić information content (AvgIpc) is 3.05. The highest BCUT2D eigenvalue weighted by Gasteiger charge is 2.64. The third kappa shape index (κ3) is 1.91. The van der Waals surface area contributed by atoms with Crippen molar-refractivity contribution in [3.05, 3.63) is 46.5 Å². The number of phenolic OH excluding ortho intramolecular Hbond substituents is 4. The Kier molecular flexibility index (Phi) is 3.79. The Labute approximate surface area is 166 Å². The van der Waals surface area contributed by atoms with Crippen LogP contribution in [0.5, 0.6) is 23.0 Å². The Morgan fingerprint density at radius 1 is 0.821 bits per heavy atom. The smallest absolute Gasteiger partial charge is 0.161 e. The first-order valence-electron chi connectivity index (χ1n) is 10.2. The molecule has 0 fully saturated rings. The van der Waals surface area contributed by atoms with Crippen LogP contribution in [0.2, 0.25) is 0 Å². The average molecular weight is 383 g/mol. The molecular weight excluding hydrogens is 352 g/mol. The molecule has 0 saturated heterocycles. The molecule has 2 aromatic rings. The lowest BCUT2D eigenvalue weighted by atomic mass is 9.63. The number of benzene rings is 2. The molecule has 0 saturated carbocycles. The van der Waals surface area contributed by atoms with Crippen LogP contribution in [0.3, 0.4) is 0 Å². The highest BCUT2D eigenvalue weighted by atomic mass is 16.3. The van der Waals surface area contributed by atoms with E-state index in [1.54, 1.807) is 12.1 Å². The monoisotopic (exact) mass is 382 g/mol. The van der Waals surface area contributed by atoms with Gasteiger partial charge in [-0.2, -0.15) is 0 Å². The van der Waals surface area contributed by atoms with E-state index in [4.69, 9.17) is 0 Å². The van der Waals surface area contributed by atoms with Crippen LogP contribution in [0, 0.1) is 5.92 Å². The highest BCUT2D eigenvalue weighted by Crippen LogP contribution is 2.70. The van der Waals surface area contributed by atoms with E-state index in [2.05, 4.69) is 34.6 Å². The summed E-state index contributed by atoms with van der Waals surface area (Å²) in [6, 6.07) is 6.95. The van der Waals surface area contributed by atoms with Gasteiger partial charge in [0.2, 0.25) is 0 Å². The minimum absolute atomic E-state index is 0.0625. The normalized spacial score (nSPS) is 33.2. The fourth-order valence-electron chi connectivity index (χ4n) is 6.23. The van der Waals surface area contributed by atoms with Gasteiger partial charge in [0.25, 0.3) is 0 Å². The van der Waals surface area contributed by atoms with Crippen molar-refractivity contribution in [1.82, 2.24) is 0 Å². The van der Waals surface area contributed by atoms with Gasteiger partial charge < -0.3 is 20.4 Å². The minimum Gasteiger partial charge on any atom is -0.504 e. The zero-order valence-corrected chi connectivity index (χ0v) is 17.3. The van der Waals surface area contributed by atoms with Crippen LogP contribution in [0.15, 0.2) is 24.3 Å². The molecule has 4 heteroatoms. The van der Waals surface area contributed by atoms with Crippen molar-refractivity contribution in [1.29, 1.82) is 0 Å². The van der Waals surface area contributed by atoms with E-state index in [1.165, 1.54) is 0 Å². The summed E-state index contributed by atoms with van der Waals surface area (Å²) in [4.78, 5) is 0. The second-order valence-corrected chi connectivity index (χ2v) is 9.27. The molecule has 0 aliphatic heterocycles. The zero-order valence-electron chi connectivity index (χ0n) is 17.3. The van der Waals surface area contributed by atoms with Gasteiger partial charge in [-0.3, -0.25) is 0 Å². The maximum Gasteiger partial charge on any atom is 0.161 e. The predicted octanol–water partition coefficient (Wildman–Crippen LogP) is 5.18. The Hall–Kier alpha value is -2.36. The number of fused-ring (bicyclic) bond motifs is 4. The molecule has 150 valence electrons. The van der Waals surface area contributed by atoms with Gasteiger partial charge in [-0.15, -0.1) is 0 Å². The zero-order chi connectivity index (χ0) is 20.6. The van der Waals surface area contributed by atoms with Crippen LogP contribution in [0.4, 0.5) is 0 Å². The summed E-state index contributed by atoms with van der Waals surface area (Å²) in [6.45, 7) is 10.8. The third-order valence-electron chi connectivity index (χ3n) is 8.35. The van der Waals surface area contributed by atoms with E-state index in [1.807, 2.05) is 12.1 Å². The molecule has 2 aromatic carbocycles. The van der Waals surface area contributed by atoms with E-state index in [-0.39, 0.29) is 39.7 Å². The van der Waals surface area contributed by atoms with Crippen molar-refractivity contribution in [2.24, 2.45) is 5.92 Å². The molecule has 4 rings (SSSR count). The Morgan fingerprint density at radius 2 is 1.32 bits per heavy atom. The second kappa shape index (κ2) is 5.59. The molecule has 0 amide bonds. The molecule has 4 atom stereocenters. The van der Waals surface area contributed by atoms with Crippen molar-refractivity contribution in [2.75, 3.05) is 0 Å². The summed E-state index contributed by atoms with van der Waals surface area (Å²) in [5.74, 6) is -0.424. The van der Waals surface area contributed by atoms with Gasteiger partial charge in [0.1, 0.15) is 0 Å². The van der Waals surface area contributed by atoms with Crippen LogP contribution in [-0.4, -0.2) is 20.4 Å². The lowest BCUT2D eigenvalue weighted by Gasteiger charge is -2.39. The van der Waals surface area contributed by atoms with Crippen molar-refractivity contribution >= 4 is 0 Å². The number of hydrogen-bond acceptors (Lipinski definition) is 4. The quantitative estimate of drug-likeness (QED) is 0.539. The number of phenols is 4. The van der Waals surface area contributed by atoms with Crippen molar-refractivity contribution in [3.8, 4) is 23.0 Å². The first-order valence-corrected chi connectivity index (χ1v) is 10.2. The largest absolute Gasteiger partial charge is 0.504 e. The summed E-state index contributed by atoms with van der Waals surface area (Å²) in [5.41, 5.74) is 2.36. The van der Waals surface area contributed by atoms with E-state index >= 15 is 0 Å². The number of rotatable bonds is 2. The molecule has 4 nitrogen and oxygen atoms in total. The van der Waals surface area contributed by atoms with Crippen LogP contribution < -0.4 is 0 Å². The summed E-state index contributed by atoms with van der Waals surface area (Å²) >= 11 is 0. The Bertz CT molecular complexity index is 959. The predicted molar refractivity (Wildman–Crippen MR) is 109 cm³/mol. The maximum absolute atomic E-state index is 11.0. The van der Waals surface area contributed by atoms with E-state index < -0.39 is 5.41 Å². The van der Waals surface area contributed by atoms with Crippen molar-refractivity contribution < 1.29 is 20.4 Å². The van der Waals surface area contributed by atoms with E-state index in [0.717, 1.165) is 24.0 Å². The van der Waals surface area contributed by atoms with Crippen LogP contribution in [-0.2, 0) is 16.2 Å². The van der Waals surface area contributed by atoms with Gasteiger partial charge in [0, 0.05) is 16.5 Å². The first-order chi connectivity index (χ1) is 13.1.